The van der Waals surface area contributed by atoms with Gasteiger partial charge in [0, 0.05) is 12.6 Å². The molecule has 0 saturated heterocycles. The molecule has 0 spiro atoms. The van der Waals surface area contributed by atoms with Gasteiger partial charge in [0.2, 0.25) is 5.91 Å². The summed E-state index contributed by atoms with van der Waals surface area (Å²) in [6.45, 7) is 2.58. The summed E-state index contributed by atoms with van der Waals surface area (Å²) in [5, 5.41) is 0. The van der Waals surface area contributed by atoms with Gasteiger partial charge in [-0.1, -0.05) is 0 Å². The maximum absolute atomic E-state index is 13.7. The lowest BCUT2D eigenvalue weighted by molar-refractivity contribution is -0.117. The molecule has 0 unspecified atom stereocenters. The van der Waals surface area contributed by atoms with Crippen LogP contribution in [0.5, 0.6) is 0 Å². The Hall–Kier alpha value is -2.41. The summed E-state index contributed by atoms with van der Waals surface area (Å²) < 4.78 is 42.3. The van der Waals surface area contributed by atoms with E-state index in [9.17, 15) is 17.6 Å². The molecule has 7 heteroatoms. The van der Waals surface area contributed by atoms with Crippen molar-refractivity contribution in [2.45, 2.75) is 50.0 Å². The number of hydrogen-bond donors (Lipinski definition) is 0. The molecule has 5 rings (SSSR count). The van der Waals surface area contributed by atoms with Crippen molar-refractivity contribution in [1.82, 2.24) is 0 Å². The zero-order valence-corrected chi connectivity index (χ0v) is 16.4. The molecule has 0 N–H and O–H groups in total. The maximum atomic E-state index is 13.7. The first-order chi connectivity index (χ1) is 13.4. The molecule has 2 aromatic carbocycles. The standard InChI is InChI=1S/C21H21FN2O3S/c1-13-4-5-14-9-17(22)6-7-19(14)24(13)28(26,27)18-10-15-3-2-8-23-20(25)12-16(11-18)21(15)23/h6-7,9-11,13H,2-5,8,12H2,1H3/t13-/m0/s1. The lowest BCUT2D eigenvalue weighted by atomic mass is 9.99. The smallest absolute Gasteiger partial charge is 0.264 e. The number of rotatable bonds is 2. The van der Waals surface area contributed by atoms with Gasteiger partial charge in [0.05, 0.1) is 22.7 Å². The van der Waals surface area contributed by atoms with Gasteiger partial charge in [-0.25, -0.2) is 12.8 Å². The number of halogens is 1. The van der Waals surface area contributed by atoms with Gasteiger partial charge < -0.3 is 4.90 Å². The van der Waals surface area contributed by atoms with Crippen molar-refractivity contribution in [2.24, 2.45) is 0 Å². The first kappa shape index (κ1) is 17.7. The van der Waals surface area contributed by atoms with Crippen LogP contribution in [0.2, 0.25) is 0 Å². The number of fused-ring (bicyclic) bond motifs is 1. The fraction of sp³-hybridized carbons (Fsp3) is 0.381. The Bertz CT molecular complexity index is 1110. The highest BCUT2D eigenvalue weighted by Crippen LogP contribution is 2.41. The second-order valence-electron chi connectivity index (χ2n) is 7.88. The molecule has 0 fully saturated rings. The zero-order valence-electron chi connectivity index (χ0n) is 15.6. The molecule has 3 heterocycles. The zero-order chi connectivity index (χ0) is 19.6. The Morgan fingerprint density at radius 2 is 1.86 bits per heavy atom. The summed E-state index contributed by atoms with van der Waals surface area (Å²) in [6, 6.07) is 7.45. The number of anilines is 2. The molecule has 3 aliphatic heterocycles. The SMILES string of the molecule is C[C@H]1CCc2cc(F)ccc2N1S(=O)(=O)c1cc2c3c(c1)CC(=O)N3CCC2. The first-order valence-corrected chi connectivity index (χ1v) is 11.1. The summed E-state index contributed by atoms with van der Waals surface area (Å²) in [6.07, 6.45) is 3.15. The number of hydrogen-bond acceptors (Lipinski definition) is 3. The van der Waals surface area contributed by atoms with Crippen LogP contribution in [0.25, 0.3) is 0 Å². The molecule has 0 aromatic heterocycles. The van der Waals surface area contributed by atoms with Crippen LogP contribution in [0.3, 0.4) is 0 Å². The lowest BCUT2D eigenvalue weighted by Crippen LogP contribution is -2.42. The van der Waals surface area contributed by atoms with Gasteiger partial charge in [0.25, 0.3) is 10.0 Å². The van der Waals surface area contributed by atoms with Crippen LogP contribution in [0.1, 0.15) is 36.5 Å². The third kappa shape index (κ3) is 2.49. The quantitative estimate of drug-likeness (QED) is 0.778. The second kappa shape index (κ2) is 6.04. The molecule has 28 heavy (non-hydrogen) atoms. The Morgan fingerprint density at radius 1 is 1.07 bits per heavy atom. The topological polar surface area (TPSA) is 57.7 Å². The van der Waals surface area contributed by atoms with Gasteiger partial charge in [-0.3, -0.25) is 9.10 Å². The summed E-state index contributed by atoms with van der Waals surface area (Å²) in [4.78, 5) is 14.3. The van der Waals surface area contributed by atoms with E-state index >= 15 is 0 Å². The monoisotopic (exact) mass is 400 g/mol. The van der Waals surface area contributed by atoms with Gasteiger partial charge in [0.15, 0.2) is 0 Å². The molecule has 3 aliphatic rings. The lowest BCUT2D eigenvalue weighted by Gasteiger charge is -2.36. The Morgan fingerprint density at radius 3 is 2.68 bits per heavy atom. The number of aryl methyl sites for hydroxylation is 2. The first-order valence-electron chi connectivity index (χ1n) is 9.65. The molecular weight excluding hydrogens is 379 g/mol. The predicted molar refractivity (Wildman–Crippen MR) is 105 cm³/mol. The highest BCUT2D eigenvalue weighted by molar-refractivity contribution is 7.92. The average Bonchev–Trinajstić information content (AvgIpc) is 2.99. The molecule has 1 atom stereocenters. The second-order valence-corrected chi connectivity index (χ2v) is 9.69. The minimum atomic E-state index is -3.82. The van der Waals surface area contributed by atoms with Crippen LogP contribution in [-0.2, 0) is 34.1 Å². The molecule has 0 saturated carbocycles. The van der Waals surface area contributed by atoms with Crippen molar-refractivity contribution in [2.75, 3.05) is 15.7 Å². The number of amides is 1. The van der Waals surface area contributed by atoms with E-state index in [1.807, 2.05) is 6.92 Å². The molecule has 0 aliphatic carbocycles. The predicted octanol–water partition coefficient (Wildman–Crippen LogP) is 3.19. The Balaban J connectivity index is 1.65. The van der Waals surface area contributed by atoms with Gasteiger partial charge in [-0.05, 0) is 79.6 Å². The van der Waals surface area contributed by atoms with Crippen molar-refractivity contribution < 1.29 is 17.6 Å². The van der Waals surface area contributed by atoms with Crippen LogP contribution < -0.4 is 9.21 Å². The van der Waals surface area contributed by atoms with Crippen LogP contribution in [0.4, 0.5) is 15.8 Å². The van der Waals surface area contributed by atoms with E-state index < -0.39 is 10.0 Å². The molecule has 1 amide bonds. The summed E-state index contributed by atoms with van der Waals surface area (Å²) in [7, 11) is -3.82. The van der Waals surface area contributed by atoms with E-state index in [-0.39, 0.29) is 29.1 Å². The van der Waals surface area contributed by atoms with Crippen molar-refractivity contribution in [3.63, 3.8) is 0 Å². The van der Waals surface area contributed by atoms with Gasteiger partial charge in [-0.2, -0.15) is 0 Å². The Labute approximate surface area is 163 Å². The number of carbonyl (C=O) groups excluding carboxylic acids is 1. The van der Waals surface area contributed by atoms with E-state index in [0.29, 0.717) is 30.6 Å². The summed E-state index contributed by atoms with van der Waals surface area (Å²) in [5.74, 6) is -0.316. The van der Waals surface area contributed by atoms with E-state index in [2.05, 4.69) is 0 Å². The van der Waals surface area contributed by atoms with Crippen molar-refractivity contribution in [1.29, 1.82) is 0 Å². The third-order valence-electron chi connectivity index (χ3n) is 6.05. The minimum Gasteiger partial charge on any atom is -0.312 e. The molecular formula is C21H21FN2O3S. The van der Waals surface area contributed by atoms with E-state index in [1.54, 1.807) is 23.1 Å². The summed E-state index contributed by atoms with van der Waals surface area (Å²) >= 11 is 0. The number of benzene rings is 2. The Kier molecular flexibility index (Phi) is 3.81. The van der Waals surface area contributed by atoms with Crippen molar-refractivity contribution in [3.05, 3.63) is 52.8 Å². The van der Waals surface area contributed by atoms with E-state index in [1.165, 1.54) is 16.4 Å². The number of sulfonamides is 1. The van der Waals surface area contributed by atoms with Crippen LogP contribution in [-0.4, -0.2) is 26.9 Å². The van der Waals surface area contributed by atoms with Gasteiger partial charge in [-0.15, -0.1) is 0 Å². The van der Waals surface area contributed by atoms with Crippen LogP contribution >= 0.6 is 0 Å². The molecule has 146 valence electrons. The van der Waals surface area contributed by atoms with Crippen LogP contribution in [0.15, 0.2) is 35.2 Å². The normalized spacial score (nSPS) is 20.9. The van der Waals surface area contributed by atoms with Gasteiger partial charge >= 0.3 is 0 Å². The number of nitrogens with zero attached hydrogens (tertiary/aromatic N) is 2. The van der Waals surface area contributed by atoms with E-state index in [4.69, 9.17) is 0 Å². The molecule has 5 nitrogen and oxygen atoms in total. The fourth-order valence-corrected chi connectivity index (χ4v) is 6.59. The number of carbonyl (C=O) groups is 1. The van der Waals surface area contributed by atoms with Gasteiger partial charge in [0.1, 0.15) is 5.82 Å². The fourth-order valence-electron chi connectivity index (χ4n) is 4.76. The highest BCUT2D eigenvalue weighted by Gasteiger charge is 2.38. The molecule has 2 aromatic rings. The van der Waals surface area contributed by atoms with Crippen LogP contribution in [0, 0.1) is 5.82 Å². The van der Waals surface area contributed by atoms with Crippen molar-refractivity contribution >= 4 is 27.3 Å². The average molecular weight is 400 g/mol. The van der Waals surface area contributed by atoms with E-state index in [0.717, 1.165) is 29.7 Å². The highest BCUT2D eigenvalue weighted by atomic mass is 32.2. The maximum Gasteiger partial charge on any atom is 0.264 e. The molecule has 0 radical (unpaired) electrons. The summed E-state index contributed by atoms with van der Waals surface area (Å²) in [5.41, 5.74) is 3.89. The third-order valence-corrected chi connectivity index (χ3v) is 7.96. The van der Waals surface area contributed by atoms with Crippen molar-refractivity contribution in [3.8, 4) is 0 Å². The molecule has 0 bridgehead atoms. The minimum absolute atomic E-state index is 0.0395. The largest absolute Gasteiger partial charge is 0.312 e.